The van der Waals surface area contributed by atoms with Crippen LogP contribution in [0.1, 0.15) is 46.0 Å². The molecule has 4 aromatic rings. The first-order valence-electron chi connectivity index (χ1n) is 10.6. The molecule has 0 saturated heterocycles. The quantitative estimate of drug-likeness (QED) is 0.444. The summed E-state index contributed by atoms with van der Waals surface area (Å²) in [5.41, 5.74) is 2.40. The van der Waals surface area contributed by atoms with E-state index >= 15 is 0 Å². The first-order chi connectivity index (χ1) is 15.5. The molecule has 32 heavy (non-hydrogen) atoms. The highest BCUT2D eigenvalue weighted by Gasteiger charge is 2.27. The Morgan fingerprint density at radius 3 is 2.66 bits per heavy atom. The predicted octanol–water partition coefficient (Wildman–Crippen LogP) is 4.04. The van der Waals surface area contributed by atoms with Crippen molar-refractivity contribution in [2.45, 2.75) is 31.9 Å². The van der Waals surface area contributed by atoms with Crippen molar-refractivity contribution in [1.29, 1.82) is 0 Å². The van der Waals surface area contributed by atoms with Gasteiger partial charge in [0.15, 0.2) is 0 Å². The molecule has 7 heteroatoms. The summed E-state index contributed by atoms with van der Waals surface area (Å²) < 4.78 is 8.49. The van der Waals surface area contributed by atoms with E-state index in [9.17, 15) is 14.4 Å². The number of esters is 1. The van der Waals surface area contributed by atoms with Crippen LogP contribution in [-0.2, 0) is 24.8 Å². The third kappa shape index (κ3) is 3.48. The summed E-state index contributed by atoms with van der Waals surface area (Å²) >= 11 is 1.21. The van der Waals surface area contributed by atoms with E-state index in [0.29, 0.717) is 4.83 Å². The first kappa shape index (κ1) is 20.5. The minimum absolute atomic E-state index is 0.141. The van der Waals surface area contributed by atoms with E-state index in [-0.39, 0.29) is 23.6 Å². The molecule has 0 fully saturated rings. The van der Waals surface area contributed by atoms with Gasteiger partial charge in [0, 0.05) is 12.4 Å². The van der Waals surface area contributed by atoms with Crippen LogP contribution < -0.4 is 11.2 Å². The van der Waals surface area contributed by atoms with Crippen LogP contribution in [0.3, 0.4) is 0 Å². The highest BCUT2D eigenvalue weighted by Crippen LogP contribution is 2.34. The number of hydrogen-bond donors (Lipinski definition) is 0. The summed E-state index contributed by atoms with van der Waals surface area (Å²) in [6.45, 7) is 0.141. The zero-order chi connectivity index (χ0) is 22.2. The van der Waals surface area contributed by atoms with Crippen molar-refractivity contribution >= 4 is 27.5 Å². The lowest BCUT2D eigenvalue weighted by molar-refractivity contribution is 0.0259. The number of thiophene rings is 1. The molecule has 1 unspecified atom stereocenters. The van der Waals surface area contributed by atoms with E-state index in [4.69, 9.17) is 4.74 Å². The van der Waals surface area contributed by atoms with Gasteiger partial charge in [-0.1, -0.05) is 54.6 Å². The summed E-state index contributed by atoms with van der Waals surface area (Å²) in [5.74, 6) is -0.528. The molecule has 0 bridgehead atoms. The second-order valence-electron chi connectivity index (χ2n) is 8.03. The van der Waals surface area contributed by atoms with Crippen molar-refractivity contribution < 1.29 is 9.53 Å². The van der Waals surface area contributed by atoms with Gasteiger partial charge >= 0.3 is 11.7 Å². The maximum Gasteiger partial charge on any atom is 0.340 e. The average Bonchev–Trinajstić information content (AvgIpc) is 3.27. The molecule has 2 aromatic carbocycles. The van der Waals surface area contributed by atoms with Gasteiger partial charge in [-0.3, -0.25) is 13.9 Å². The number of carbonyl (C=O) groups is 1. The molecule has 2 aromatic heterocycles. The van der Waals surface area contributed by atoms with E-state index < -0.39 is 17.2 Å². The number of ether oxygens (including phenoxy) is 1. The van der Waals surface area contributed by atoms with Crippen LogP contribution in [0.15, 0.2) is 69.6 Å². The zero-order valence-electron chi connectivity index (χ0n) is 17.6. The molecule has 2 heterocycles. The van der Waals surface area contributed by atoms with Crippen LogP contribution >= 0.6 is 11.3 Å². The van der Waals surface area contributed by atoms with Crippen molar-refractivity contribution in [3.63, 3.8) is 0 Å². The normalized spacial score (nSPS) is 15.5. The summed E-state index contributed by atoms with van der Waals surface area (Å²) in [6, 6.07) is 17.3. The lowest BCUT2D eigenvalue weighted by Gasteiger charge is -2.25. The van der Waals surface area contributed by atoms with Crippen molar-refractivity contribution in [3.05, 3.63) is 103 Å². The molecule has 1 atom stereocenters. The van der Waals surface area contributed by atoms with Gasteiger partial charge in [-0.25, -0.2) is 9.59 Å². The molecule has 162 valence electrons. The largest absolute Gasteiger partial charge is 0.454 e. The van der Waals surface area contributed by atoms with E-state index in [2.05, 4.69) is 6.07 Å². The van der Waals surface area contributed by atoms with Crippen molar-refractivity contribution in [1.82, 2.24) is 9.13 Å². The van der Waals surface area contributed by atoms with Gasteiger partial charge < -0.3 is 4.74 Å². The zero-order valence-corrected chi connectivity index (χ0v) is 18.4. The van der Waals surface area contributed by atoms with Crippen LogP contribution in [0.25, 0.3) is 10.2 Å². The molecular weight excluding hydrogens is 424 g/mol. The van der Waals surface area contributed by atoms with Gasteiger partial charge in [-0.05, 0) is 36.0 Å². The van der Waals surface area contributed by atoms with Gasteiger partial charge in [0.1, 0.15) is 10.9 Å². The average molecular weight is 447 g/mol. The first-order valence-corrected chi connectivity index (χ1v) is 11.5. The third-order valence-electron chi connectivity index (χ3n) is 6.02. The van der Waals surface area contributed by atoms with E-state index in [1.54, 1.807) is 12.4 Å². The van der Waals surface area contributed by atoms with Crippen molar-refractivity contribution in [2.24, 2.45) is 7.05 Å². The minimum atomic E-state index is -0.528. The Kier molecular flexibility index (Phi) is 5.27. The Bertz CT molecular complexity index is 1430. The van der Waals surface area contributed by atoms with Gasteiger partial charge in [0.2, 0.25) is 0 Å². The fourth-order valence-corrected chi connectivity index (χ4v) is 5.37. The molecule has 1 aliphatic carbocycles. The van der Waals surface area contributed by atoms with E-state index in [1.807, 2.05) is 48.5 Å². The highest BCUT2D eigenvalue weighted by molar-refractivity contribution is 7.17. The fourth-order valence-electron chi connectivity index (χ4n) is 4.37. The number of hydrogen-bond acceptors (Lipinski definition) is 5. The fraction of sp³-hybridized carbons (Fsp3) is 0.240. The molecule has 0 radical (unpaired) electrons. The van der Waals surface area contributed by atoms with Crippen LogP contribution in [0.2, 0.25) is 0 Å². The summed E-state index contributed by atoms with van der Waals surface area (Å²) in [7, 11) is 1.62. The smallest absolute Gasteiger partial charge is 0.340 e. The molecule has 5 rings (SSSR count). The number of aryl methyl sites for hydroxylation is 2. The Balaban J connectivity index is 1.55. The number of rotatable bonds is 4. The molecule has 6 nitrogen and oxygen atoms in total. The van der Waals surface area contributed by atoms with Crippen LogP contribution in [-0.4, -0.2) is 15.1 Å². The Morgan fingerprint density at radius 1 is 1.09 bits per heavy atom. The molecule has 0 N–H and O–H groups in total. The predicted molar refractivity (Wildman–Crippen MR) is 124 cm³/mol. The lowest BCUT2D eigenvalue weighted by atomic mass is 9.89. The number of nitrogens with zero attached hydrogens (tertiary/aromatic N) is 2. The van der Waals surface area contributed by atoms with Crippen LogP contribution in [0.4, 0.5) is 0 Å². The number of benzene rings is 2. The summed E-state index contributed by atoms with van der Waals surface area (Å²) in [4.78, 5) is 39.8. The molecular formula is C25H22N2O4S. The Morgan fingerprint density at radius 2 is 1.84 bits per heavy atom. The minimum Gasteiger partial charge on any atom is -0.454 e. The maximum atomic E-state index is 13.3. The second-order valence-corrected chi connectivity index (χ2v) is 8.89. The van der Waals surface area contributed by atoms with Crippen molar-refractivity contribution in [2.75, 3.05) is 0 Å². The number of fused-ring (bicyclic) bond motifs is 2. The molecule has 0 spiro atoms. The Hall–Kier alpha value is -3.45. The molecule has 0 aliphatic heterocycles. The van der Waals surface area contributed by atoms with Gasteiger partial charge in [-0.2, -0.15) is 0 Å². The molecule has 0 saturated carbocycles. The topological polar surface area (TPSA) is 70.3 Å². The number of carbonyl (C=O) groups excluding carboxylic acids is 1. The van der Waals surface area contributed by atoms with E-state index in [1.165, 1.54) is 26.0 Å². The number of aromatic nitrogens is 2. The standard InChI is InChI=1S/C25H22N2O4S/c1-26-23-21(22(28)27(25(26)30)14-16-8-3-2-4-9-16)19(15-32-23)24(29)31-20-13-7-11-17-10-5-6-12-18(17)20/h2-6,8-10,12,15,20H,7,11,13-14H2,1H3. The van der Waals surface area contributed by atoms with Gasteiger partial charge in [0.05, 0.1) is 17.5 Å². The van der Waals surface area contributed by atoms with Crippen LogP contribution in [0, 0.1) is 0 Å². The maximum absolute atomic E-state index is 13.3. The SMILES string of the molecule is Cn1c(=O)n(Cc2ccccc2)c(=O)c2c(C(=O)OC3CCCc4ccccc43)csc21. The second kappa shape index (κ2) is 8.24. The van der Waals surface area contributed by atoms with E-state index in [0.717, 1.165) is 30.4 Å². The molecule has 0 amide bonds. The third-order valence-corrected chi connectivity index (χ3v) is 7.08. The summed E-state index contributed by atoms with van der Waals surface area (Å²) in [5, 5.41) is 1.86. The molecule has 1 aliphatic rings. The van der Waals surface area contributed by atoms with Gasteiger partial charge in [0.25, 0.3) is 5.56 Å². The van der Waals surface area contributed by atoms with Crippen LogP contribution in [0.5, 0.6) is 0 Å². The Labute approximate surface area is 188 Å². The van der Waals surface area contributed by atoms with Crippen molar-refractivity contribution in [3.8, 4) is 0 Å². The highest BCUT2D eigenvalue weighted by atomic mass is 32.1. The van der Waals surface area contributed by atoms with Gasteiger partial charge in [-0.15, -0.1) is 11.3 Å². The monoisotopic (exact) mass is 446 g/mol. The summed E-state index contributed by atoms with van der Waals surface area (Å²) in [6.07, 6.45) is 2.33. The lowest BCUT2D eigenvalue weighted by Crippen LogP contribution is -2.39.